The number of likely N-dealkylation sites (N-methyl/N-ethyl adjacent to an activating group) is 1. The number of aromatic nitrogens is 4. The predicted octanol–water partition coefficient (Wildman–Crippen LogP) is 6.39. The molecule has 11 nitrogen and oxygen atoms in total. The lowest BCUT2D eigenvalue weighted by Gasteiger charge is -2.34. The highest BCUT2D eigenvalue weighted by Gasteiger charge is 2.22. The van der Waals surface area contributed by atoms with Crippen LogP contribution >= 0.6 is 23.2 Å². The highest BCUT2D eigenvalue weighted by Crippen LogP contribution is 2.45. The number of hydrogen-bond donors (Lipinski definition) is 2. The van der Waals surface area contributed by atoms with Gasteiger partial charge in [-0.25, -0.2) is 15.0 Å². The molecule has 0 bridgehead atoms. The molecule has 1 fully saturated rings. The molecular weight excluding hydrogens is 603 g/mol. The van der Waals surface area contributed by atoms with Gasteiger partial charge >= 0.3 is 0 Å². The van der Waals surface area contributed by atoms with Crippen molar-refractivity contribution in [3.63, 3.8) is 0 Å². The van der Waals surface area contributed by atoms with Crippen LogP contribution in [0.5, 0.6) is 17.2 Å². The lowest BCUT2D eigenvalue weighted by Crippen LogP contribution is -2.44. The molecule has 1 aliphatic heterocycles. The van der Waals surface area contributed by atoms with Gasteiger partial charge in [-0.15, -0.1) is 0 Å². The second-order valence-electron chi connectivity index (χ2n) is 10.2. The summed E-state index contributed by atoms with van der Waals surface area (Å²) in [5, 5.41) is 7.26. The number of nitrogens with zero attached hydrogens (tertiary/aromatic N) is 6. The first-order chi connectivity index (χ1) is 21.4. The van der Waals surface area contributed by atoms with Crippen LogP contribution in [0.4, 0.5) is 28.8 Å². The van der Waals surface area contributed by atoms with Crippen molar-refractivity contribution in [2.45, 2.75) is 0 Å². The maximum atomic E-state index is 6.68. The van der Waals surface area contributed by atoms with E-state index in [9.17, 15) is 0 Å². The lowest BCUT2D eigenvalue weighted by molar-refractivity contribution is 0.312. The SMILES string of the molecule is COc1cc(N2CCN(C)CC2)ccc1Nc1cc(-n2c(Nc3c(Cl)c(OC)cc(OC)c3Cl)nc3ccccc32)ncn1. The Morgan fingerprint density at radius 3 is 2.18 bits per heavy atom. The molecule has 0 radical (unpaired) electrons. The third-order valence-corrected chi connectivity index (χ3v) is 8.32. The number of piperazine rings is 1. The molecule has 0 amide bonds. The van der Waals surface area contributed by atoms with Crippen LogP contribution in [0, 0.1) is 0 Å². The fourth-order valence-electron chi connectivity index (χ4n) is 5.17. The number of ether oxygens (including phenoxy) is 3. The van der Waals surface area contributed by atoms with E-state index in [4.69, 9.17) is 42.4 Å². The molecule has 1 saturated heterocycles. The summed E-state index contributed by atoms with van der Waals surface area (Å²) in [6.45, 7) is 3.98. The van der Waals surface area contributed by atoms with Gasteiger partial charge in [0.2, 0.25) is 5.95 Å². The molecule has 5 aromatic rings. The molecule has 1 aliphatic rings. The minimum Gasteiger partial charge on any atom is -0.495 e. The van der Waals surface area contributed by atoms with E-state index in [-0.39, 0.29) is 10.0 Å². The standard InChI is InChI=1S/C31H32Cl2N8O3/c1-39-11-13-40(14-12-39)19-9-10-21(23(15-19)42-2)36-26-17-27(35-18-34-26)41-22-8-6-5-7-20(22)37-31(41)38-30-28(32)24(43-3)16-25(44-4)29(30)33/h5-10,15-18H,11-14H2,1-4H3,(H,37,38)(H,34,35,36). The van der Waals surface area contributed by atoms with Crippen LogP contribution in [-0.4, -0.2) is 79.0 Å². The van der Waals surface area contributed by atoms with Crippen molar-refractivity contribution in [3.05, 3.63) is 71.0 Å². The number of nitrogens with one attached hydrogen (secondary N) is 2. The largest absolute Gasteiger partial charge is 0.495 e. The third-order valence-electron chi connectivity index (χ3n) is 7.57. The zero-order chi connectivity index (χ0) is 30.8. The number of benzene rings is 3. The first kappa shape index (κ1) is 29.6. The number of anilines is 5. The molecule has 44 heavy (non-hydrogen) atoms. The second-order valence-corrected chi connectivity index (χ2v) is 11.0. The highest BCUT2D eigenvalue weighted by atomic mass is 35.5. The molecule has 0 spiro atoms. The van der Waals surface area contributed by atoms with Gasteiger partial charge < -0.3 is 34.6 Å². The first-order valence-electron chi connectivity index (χ1n) is 14.0. The van der Waals surface area contributed by atoms with Gasteiger partial charge in [0, 0.05) is 50.1 Å². The number of halogens is 2. The number of imidazole rings is 1. The summed E-state index contributed by atoms with van der Waals surface area (Å²) >= 11 is 13.4. The molecule has 6 rings (SSSR count). The van der Waals surface area contributed by atoms with E-state index in [1.807, 2.05) is 41.0 Å². The molecule has 2 N–H and O–H groups in total. The van der Waals surface area contributed by atoms with Crippen LogP contribution in [0.25, 0.3) is 16.9 Å². The van der Waals surface area contributed by atoms with Crippen LogP contribution < -0.4 is 29.7 Å². The van der Waals surface area contributed by atoms with Gasteiger partial charge in [-0.05, 0) is 31.3 Å². The average Bonchev–Trinajstić information content (AvgIpc) is 3.42. The van der Waals surface area contributed by atoms with Crippen LogP contribution in [-0.2, 0) is 0 Å². The molecule has 0 saturated carbocycles. The molecular formula is C31H32Cl2N8O3. The summed E-state index contributed by atoms with van der Waals surface area (Å²) < 4.78 is 18.5. The van der Waals surface area contributed by atoms with Crippen LogP contribution in [0.15, 0.2) is 60.9 Å². The molecule has 0 atom stereocenters. The van der Waals surface area contributed by atoms with E-state index in [0.717, 1.165) is 48.6 Å². The number of methoxy groups -OCH3 is 3. The first-order valence-corrected chi connectivity index (χ1v) is 14.7. The van der Waals surface area contributed by atoms with Crippen molar-refractivity contribution >= 4 is 63.1 Å². The highest BCUT2D eigenvalue weighted by molar-refractivity contribution is 6.41. The molecule has 13 heteroatoms. The molecule has 0 aliphatic carbocycles. The number of rotatable bonds is 9. The van der Waals surface area contributed by atoms with Gasteiger partial charge in [-0.1, -0.05) is 35.3 Å². The van der Waals surface area contributed by atoms with Crippen molar-refractivity contribution < 1.29 is 14.2 Å². The van der Waals surface area contributed by atoms with Crippen LogP contribution in [0.3, 0.4) is 0 Å². The summed E-state index contributed by atoms with van der Waals surface area (Å²) in [6.07, 6.45) is 1.50. The van der Waals surface area contributed by atoms with E-state index in [1.165, 1.54) is 20.5 Å². The fourth-order valence-corrected chi connectivity index (χ4v) is 5.76. The summed E-state index contributed by atoms with van der Waals surface area (Å²) in [5.74, 6) is 3.09. The molecule has 3 aromatic carbocycles. The molecule has 0 unspecified atom stereocenters. The topological polar surface area (TPSA) is 102 Å². The van der Waals surface area contributed by atoms with Gasteiger partial charge in [0.05, 0.1) is 43.7 Å². The minimum atomic E-state index is 0.286. The summed E-state index contributed by atoms with van der Waals surface area (Å²) in [6, 6.07) is 17.4. The number of fused-ring (bicyclic) bond motifs is 1. The van der Waals surface area contributed by atoms with E-state index >= 15 is 0 Å². The molecule has 228 valence electrons. The summed E-state index contributed by atoms with van der Waals surface area (Å²) in [7, 11) is 6.86. The lowest BCUT2D eigenvalue weighted by atomic mass is 10.2. The van der Waals surface area contributed by atoms with Gasteiger partial charge in [-0.3, -0.25) is 4.57 Å². The van der Waals surface area contributed by atoms with Crippen molar-refractivity contribution in [2.75, 3.05) is 70.1 Å². The average molecular weight is 636 g/mol. The Kier molecular flexibility index (Phi) is 8.51. The van der Waals surface area contributed by atoms with Gasteiger partial charge in [-0.2, -0.15) is 0 Å². The Bertz CT molecular complexity index is 1780. The maximum absolute atomic E-state index is 6.68. The zero-order valence-electron chi connectivity index (χ0n) is 24.8. The Balaban J connectivity index is 1.36. The Labute approximate surface area is 265 Å². The van der Waals surface area contributed by atoms with Gasteiger partial charge in [0.15, 0.2) is 0 Å². The van der Waals surface area contributed by atoms with E-state index in [1.54, 1.807) is 13.2 Å². The van der Waals surface area contributed by atoms with Crippen LogP contribution in [0.1, 0.15) is 0 Å². The van der Waals surface area contributed by atoms with Gasteiger partial charge in [0.1, 0.15) is 45.3 Å². The van der Waals surface area contributed by atoms with Crippen molar-refractivity contribution in [2.24, 2.45) is 0 Å². The molecule has 2 aromatic heterocycles. The van der Waals surface area contributed by atoms with Crippen molar-refractivity contribution in [3.8, 4) is 23.1 Å². The Hall–Kier alpha value is -4.45. The summed E-state index contributed by atoms with van der Waals surface area (Å²) in [4.78, 5) is 18.6. The zero-order valence-corrected chi connectivity index (χ0v) is 26.3. The number of para-hydroxylation sites is 2. The maximum Gasteiger partial charge on any atom is 0.214 e. The number of hydrogen-bond acceptors (Lipinski definition) is 10. The predicted molar refractivity (Wildman–Crippen MR) is 175 cm³/mol. The third kappa shape index (κ3) is 5.73. The Morgan fingerprint density at radius 2 is 1.48 bits per heavy atom. The molecule has 3 heterocycles. The quantitative estimate of drug-likeness (QED) is 0.190. The van der Waals surface area contributed by atoms with E-state index in [2.05, 4.69) is 49.6 Å². The van der Waals surface area contributed by atoms with E-state index in [0.29, 0.717) is 40.5 Å². The van der Waals surface area contributed by atoms with Crippen LogP contribution in [0.2, 0.25) is 10.0 Å². The second kappa shape index (κ2) is 12.7. The van der Waals surface area contributed by atoms with Crippen molar-refractivity contribution in [1.29, 1.82) is 0 Å². The fraction of sp³-hybridized carbons (Fsp3) is 0.258. The van der Waals surface area contributed by atoms with E-state index < -0.39 is 0 Å². The smallest absolute Gasteiger partial charge is 0.214 e. The summed E-state index contributed by atoms with van der Waals surface area (Å²) in [5.41, 5.74) is 3.85. The van der Waals surface area contributed by atoms with Gasteiger partial charge in [0.25, 0.3) is 0 Å². The Morgan fingerprint density at radius 1 is 0.773 bits per heavy atom. The normalized spacial score (nSPS) is 13.6. The van der Waals surface area contributed by atoms with Crippen molar-refractivity contribution in [1.82, 2.24) is 24.4 Å². The minimum absolute atomic E-state index is 0.286. The monoisotopic (exact) mass is 634 g/mol.